The van der Waals surface area contributed by atoms with Crippen molar-refractivity contribution in [3.05, 3.63) is 24.3 Å². The third-order valence-electron chi connectivity index (χ3n) is 2.74. The molecule has 0 aromatic heterocycles. The number of hydrogen-bond donors (Lipinski definition) is 2. The smallest absolute Gasteiger partial charge is 0.240 e. The Balaban J connectivity index is 2.79. The standard InChI is InChI=1S/C14H20N2O4S/c1-10(17)16-11-5-7-12(8-6-11)21(19,20)15-9-13(18)14(2,3)4/h5-8,15H,9H2,1-4H3,(H,16,17). The summed E-state index contributed by atoms with van der Waals surface area (Å²) in [7, 11) is -3.74. The molecule has 0 aliphatic carbocycles. The number of nitrogens with one attached hydrogen (secondary N) is 2. The van der Waals surface area contributed by atoms with Crippen LogP contribution in [0.15, 0.2) is 29.2 Å². The van der Waals surface area contributed by atoms with Gasteiger partial charge in [-0.15, -0.1) is 0 Å². The summed E-state index contributed by atoms with van der Waals surface area (Å²) in [6.07, 6.45) is 0. The predicted molar refractivity (Wildman–Crippen MR) is 80.4 cm³/mol. The van der Waals surface area contributed by atoms with Crippen LogP contribution in [0.25, 0.3) is 0 Å². The normalized spacial score (nSPS) is 12.0. The van der Waals surface area contributed by atoms with Gasteiger partial charge in [0.2, 0.25) is 15.9 Å². The lowest BCUT2D eigenvalue weighted by atomic mass is 9.91. The molecule has 21 heavy (non-hydrogen) atoms. The van der Waals surface area contributed by atoms with Gasteiger partial charge in [0.05, 0.1) is 11.4 Å². The number of amides is 1. The monoisotopic (exact) mass is 312 g/mol. The molecular weight excluding hydrogens is 292 g/mol. The Morgan fingerprint density at radius 1 is 1.10 bits per heavy atom. The molecule has 7 heteroatoms. The molecule has 116 valence electrons. The van der Waals surface area contributed by atoms with Gasteiger partial charge in [-0.05, 0) is 24.3 Å². The maximum Gasteiger partial charge on any atom is 0.240 e. The summed E-state index contributed by atoms with van der Waals surface area (Å²) in [6.45, 7) is 6.30. The molecule has 0 saturated heterocycles. The highest BCUT2D eigenvalue weighted by Crippen LogP contribution is 2.16. The Morgan fingerprint density at radius 3 is 2.05 bits per heavy atom. The topological polar surface area (TPSA) is 92.3 Å². The second-order valence-corrected chi connectivity index (χ2v) is 7.47. The molecule has 0 atom stereocenters. The van der Waals surface area contributed by atoms with Gasteiger partial charge < -0.3 is 5.32 Å². The Hall–Kier alpha value is -1.73. The Morgan fingerprint density at radius 2 is 1.62 bits per heavy atom. The van der Waals surface area contributed by atoms with Gasteiger partial charge in [-0.1, -0.05) is 20.8 Å². The summed E-state index contributed by atoms with van der Waals surface area (Å²) in [5, 5.41) is 2.55. The highest BCUT2D eigenvalue weighted by molar-refractivity contribution is 7.89. The summed E-state index contributed by atoms with van der Waals surface area (Å²) in [5.41, 5.74) is -0.0927. The molecule has 0 aliphatic rings. The highest BCUT2D eigenvalue weighted by atomic mass is 32.2. The lowest BCUT2D eigenvalue weighted by Crippen LogP contribution is -2.35. The van der Waals surface area contributed by atoms with E-state index in [0.29, 0.717) is 5.69 Å². The van der Waals surface area contributed by atoms with Crippen molar-refractivity contribution in [2.24, 2.45) is 5.41 Å². The summed E-state index contributed by atoms with van der Waals surface area (Å²) in [4.78, 5) is 22.7. The number of carbonyl (C=O) groups excluding carboxylic acids is 2. The molecule has 1 aromatic carbocycles. The fourth-order valence-corrected chi connectivity index (χ4v) is 2.41. The molecule has 0 heterocycles. The van der Waals surface area contributed by atoms with Crippen molar-refractivity contribution in [1.82, 2.24) is 4.72 Å². The number of Topliss-reactive ketones (excluding diaryl/α,β-unsaturated/α-hetero) is 1. The molecule has 0 saturated carbocycles. The first-order valence-electron chi connectivity index (χ1n) is 6.43. The first-order chi connectivity index (χ1) is 9.52. The highest BCUT2D eigenvalue weighted by Gasteiger charge is 2.23. The zero-order valence-corrected chi connectivity index (χ0v) is 13.4. The van der Waals surface area contributed by atoms with E-state index in [0.717, 1.165) is 0 Å². The number of sulfonamides is 1. The Labute approximate surface area is 125 Å². The van der Waals surface area contributed by atoms with E-state index in [1.165, 1.54) is 31.2 Å². The molecule has 0 unspecified atom stereocenters. The van der Waals surface area contributed by atoms with E-state index in [1.807, 2.05) is 0 Å². The van der Waals surface area contributed by atoms with Crippen LogP contribution in [-0.4, -0.2) is 26.7 Å². The zero-order valence-electron chi connectivity index (χ0n) is 12.6. The number of carbonyl (C=O) groups is 2. The molecule has 0 spiro atoms. The van der Waals surface area contributed by atoms with Crippen LogP contribution in [0.4, 0.5) is 5.69 Å². The number of benzene rings is 1. The van der Waals surface area contributed by atoms with E-state index in [2.05, 4.69) is 10.0 Å². The van der Waals surface area contributed by atoms with Crippen LogP contribution in [0.5, 0.6) is 0 Å². The van der Waals surface area contributed by atoms with Gasteiger partial charge in [-0.2, -0.15) is 0 Å². The minimum Gasteiger partial charge on any atom is -0.326 e. The lowest BCUT2D eigenvalue weighted by molar-refractivity contribution is -0.125. The van der Waals surface area contributed by atoms with Crippen LogP contribution in [0, 0.1) is 5.41 Å². The molecule has 0 radical (unpaired) electrons. The number of ketones is 1. The van der Waals surface area contributed by atoms with Crippen LogP contribution in [0.2, 0.25) is 0 Å². The summed E-state index contributed by atoms with van der Waals surface area (Å²) in [5.74, 6) is -0.430. The maximum absolute atomic E-state index is 12.0. The molecule has 2 N–H and O–H groups in total. The largest absolute Gasteiger partial charge is 0.326 e. The van der Waals surface area contributed by atoms with E-state index >= 15 is 0 Å². The van der Waals surface area contributed by atoms with Gasteiger partial charge in [0.1, 0.15) is 0 Å². The van der Waals surface area contributed by atoms with Crippen molar-refractivity contribution in [3.63, 3.8) is 0 Å². The average Bonchev–Trinajstić information content (AvgIpc) is 2.34. The van der Waals surface area contributed by atoms with Crippen molar-refractivity contribution >= 4 is 27.4 Å². The SMILES string of the molecule is CC(=O)Nc1ccc(S(=O)(=O)NCC(=O)C(C)(C)C)cc1. The third kappa shape index (κ3) is 5.28. The van der Waals surface area contributed by atoms with Crippen LogP contribution in [0.3, 0.4) is 0 Å². The van der Waals surface area contributed by atoms with Crippen LogP contribution < -0.4 is 10.0 Å². The van der Waals surface area contributed by atoms with E-state index < -0.39 is 15.4 Å². The molecule has 0 aliphatic heterocycles. The molecule has 1 aromatic rings. The number of rotatable bonds is 5. The molecule has 1 rings (SSSR count). The molecule has 6 nitrogen and oxygen atoms in total. The van der Waals surface area contributed by atoms with E-state index in [9.17, 15) is 18.0 Å². The first-order valence-corrected chi connectivity index (χ1v) is 7.91. The van der Waals surface area contributed by atoms with E-state index in [1.54, 1.807) is 20.8 Å². The predicted octanol–water partition coefficient (Wildman–Crippen LogP) is 1.54. The molecule has 0 fully saturated rings. The molecular formula is C14H20N2O4S. The van der Waals surface area contributed by atoms with Crippen LogP contribution in [0.1, 0.15) is 27.7 Å². The van der Waals surface area contributed by atoms with Gasteiger partial charge in [0, 0.05) is 18.0 Å². The van der Waals surface area contributed by atoms with Gasteiger partial charge >= 0.3 is 0 Å². The minimum atomic E-state index is -3.74. The summed E-state index contributed by atoms with van der Waals surface area (Å²) >= 11 is 0. The Kier molecular flexibility index (Phi) is 5.25. The van der Waals surface area contributed by atoms with Gasteiger partial charge in [0.15, 0.2) is 5.78 Å². The number of hydrogen-bond acceptors (Lipinski definition) is 4. The minimum absolute atomic E-state index is 0.0401. The molecule has 0 bridgehead atoms. The van der Waals surface area contributed by atoms with Crippen molar-refractivity contribution < 1.29 is 18.0 Å². The number of anilines is 1. The van der Waals surface area contributed by atoms with Crippen LogP contribution in [-0.2, 0) is 19.6 Å². The van der Waals surface area contributed by atoms with Crippen molar-refractivity contribution in [1.29, 1.82) is 0 Å². The van der Waals surface area contributed by atoms with Crippen LogP contribution >= 0.6 is 0 Å². The van der Waals surface area contributed by atoms with Crippen molar-refractivity contribution in [3.8, 4) is 0 Å². The van der Waals surface area contributed by atoms with Gasteiger partial charge in [-0.25, -0.2) is 13.1 Å². The Bertz CT molecular complexity index is 628. The van der Waals surface area contributed by atoms with Crippen molar-refractivity contribution in [2.45, 2.75) is 32.6 Å². The quantitative estimate of drug-likeness (QED) is 0.862. The maximum atomic E-state index is 12.0. The second kappa shape index (κ2) is 6.36. The van der Waals surface area contributed by atoms with E-state index in [4.69, 9.17) is 0 Å². The lowest BCUT2D eigenvalue weighted by Gasteiger charge is -2.16. The van der Waals surface area contributed by atoms with Crippen molar-refractivity contribution in [2.75, 3.05) is 11.9 Å². The first kappa shape index (κ1) is 17.3. The fraction of sp³-hybridized carbons (Fsp3) is 0.429. The third-order valence-corrected chi connectivity index (χ3v) is 4.16. The van der Waals surface area contributed by atoms with Gasteiger partial charge in [-0.3, -0.25) is 9.59 Å². The zero-order chi connectivity index (χ0) is 16.3. The fourth-order valence-electron chi connectivity index (χ4n) is 1.43. The summed E-state index contributed by atoms with van der Waals surface area (Å²) in [6, 6.07) is 5.72. The van der Waals surface area contributed by atoms with Gasteiger partial charge in [0.25, 0.3) is 0 Å². The summed E-state index contributed by atoms with van der Waals surface area (Å²) < 4.78 is 26.4. The second-order valence-electron chi connectivity index (χ2n) is 5.70. The average molecular weight is 312 g/mol. The molecule has 1 amide bonds. The van der Waals surface area contributed by atoms with E-state index in [-0.39, 0.29) is 23.1 Å².